The number of nitrogens with one attached hydrogen (secondary N) is 2. The fourth-order valence-electron chi connectivity index (χ4n) is 3.52. The van der Waals surface area contributed by atoms with Crippen LogP contribution in [0, 0.1) is 5.92 Å². The van der Waals surface area contributed by atoms with Crippen LogP contribution in [0.5, 0.6) is 5.75 Å². The van der Waals surface area contributed by atoms with Gasteiger partial charge in [-0.2, -0.15) is 0 Å². The summed E-state index contributed by atoms with van der Waals surface area (Å²) in [6.45, 7) is 9.41. The van der Waals surface area contributed by atoms with Crippen LogP contribution in [0.2, 0.25) is 0 Å². The molecule has 1 aliphatic rings. The molecule has 0 unspecified atom stereocenters. The zero-order chi connectivity index (χ0) is 19.9. The van der Waals surface area contributed by atoms with Crippen molar-refractivity contribution in [2.24, 2.45) is 5.92 Å². The van der Waals surface area contributed by atoms with E-state index in [1.54, 1.807) is 0 Å². The Balaban J connectivity index is 1.54. The average Bonchev–Trinajstić information content (AvgIpc) is 2.69. The van der Waals surface area contributed by atoms with Gasteiger partial charge in [-0.25, -0.2) is 0 Å². The molecule has 2 N–H and O–H groups in total. The molecule has 0 aromatic heterocycles. The van der Waals surface area contributed by atoms with Crippen LogP contribution in [0.1, 0.15) is 45.2 Å². The molecule has 0 bridgehead atoms. The second-order valence-corrected chi connectivity index (χ2v) is 7.95. The van der Waals surface area contributed by atoms with Crippen LogP contribution in [-0.4, -0.2) is 24.8 Å². The normalized spacial score (nSPS) is 15.8. The predicted molar refractivity (Wildman–Crippen MR) is 122 cm³/mol. The standard InChI is InChI=1S/C23H31N3OS/c1-4-27-22-7-5-6-20(16-22)25-23(28)24-18(3)19-8-10-21(11-9-19)26-14-12-17(2)13-15-26/h5-11,16-18H,4,12-15H2,1-3H3,(H2,24,25,28)/t18-/m1/s1. The Morgan fingerprint density at radius 2 is 1.89 bits per heavy atom. The van der Waals surface area contributed by atoms with Crippen molar-refractivity contribution in [2.75, 3.05) is 29.9 Å². The zero-order valence-electron chi connectivity index (χ0n) is 17.1. The maximum Gasteiger partial charge on any atom is 0.171 e. The van der Waals surface area contributed by atoms with E-state index in [9.17, 15) is 0 Å². The summed E-state index contributed by atoms with van der Waals surface area (Å²) in [5, 5.41) is 7.21. The summed E-state index contributed by atoms with van der Waals surface area (Å²) in [7, 11) is 0. The molecule has 1 atom stereocenters. The van der Waals surface area contributed by atoms with Crippen LogP contribution in [-0.2, 0) is 0 Å². The van der Waals surface area contributed by atoms with E-state index in [1.807, 2.05) is 31.2 Å². The van der Waals surface area contributed by atoms with Crippen LogP contribution in [0.15, 0.2) is 48.5 Å². The van der Waals surface area contributed by atoms with E-state index in [0.717, 1.165) is 30.4 Å². The summed E-state index contributed by atoms with van der Waals surface area (Å²) in [6.07, 6.45) is 2.56. The van der Waals surface area contributed by atoms with Crippen LogP contribution in [0.3, 0.4) is 0 Å². The molecule has 0 amide bonds. The van der Waals surface area contributed by atoms with E-state index in [2.05, 4.69) is 53.6 Å². The van der Waals surface area contributed by atoms with E-state index >= 15 is 0 Å². The first-order chi connectivity index (χ1) is 13.5. The van der Waals surface area contributed by atoms with Gasteiger partial charge in [0.15, 0.2) is 5.11 Å². The van der Waals surface area contributed by atoms with Crippen LogP contribution >= 0.6 is 12.2 Å². The molecule has 1 fully saturated rings. The van der Waals surface area contributed by atoms with E-state index in [1.165, 1.54) is 24.1 Å². The van der Waals surface area contributed by atoms with Crippen LogP contribution < -0.4 is 20.3 Å². The second-order valence-electron chi connectivity index (χ2n) is 7.54. The van der Waals surface area contributed by atoms with E-state index in [0.29, 0.717) is 11.7 Å². The Bertz CT molecular complexity index is 770. The maximum absolute atomic E-state index is 5.54. The predicted octanol–water partition coefficient (Wildman–Crippen LogP) is 5.37. The zero-order valence-corrected chi connectivity index (χ0v) is 17.9. The number of thiocarbonyl (C=S) groups is 1. The van der Waals surface area contributed by atoms with Gasteiger partial charge in [-0.1, -0.05) is 25.1 Å². The molecule has 1 heterocycles. The number of rotatable bonds is 6. The molecule has 5 heteroatoms. The lowest BCUT2D eigenvalue weighted by molar-refractivity contribution is 0.340. The van der Waals surface area contributed by atoms with Crippen molar-refractivity contribution in [2.45, 2.75) is 39.7 Å². The van der Waals surface area contributed by atoms with Crippen molar-refractivity contribution in [1.82, 2.24) is 5.32 Å². The minimum atomic E-state index is 0.130. The Labute approximate surface area is 174 Å². The van der Waals surface area contributed by atoms with Gasteiger partial charge in [-0.3, -0.25) is 0 Å². The van der Waals surface area contributed by atoms with Crippen molar-refractivity contribution in [3.63, 3.8) is 0 Å². The molecule has 3 rings (SSSR count). The molecule has 150 valence electrons. The fraction of sp³-hybridized carbons (Fsp3) is 0.435. The largest absolute Gasteiger partial charge is 0.494 e. The van der Waals surface area contributed by atoms with Crippen LogP contribution in [0.4, 0.5) is 11.4 Å². The van der Waals surface area contributed by atoms with Crippen molar-refractivity contribution in [3.05, 3.63) is 54.1 Å². The lowest BCUT2D eigenvalue weighted by Crippen LogP contribution is -2.33. The number of hydrogen-bond donors (Lipinski definition) is 2. The van der Waals surface area contributed by atoms with Gasteiger partial charge in [-0.05, 0) is 74.7 Å². The van der Waals surface area contributed by atoms with Crippen molar-refractivity contribution in [1.29, 1.82) is 0 Å². The summed E-state index contributed by atoms with van der Waals surface area (Å²) < 4.78 is 5.54. The Hall–Kier alpha value is -2.27. The molecular formula is C23H31N3OS. The highest BCUT2D eigenvalue weighted by molar-refractivity contribution is 7.80. The van der Waals surface area contributed by atoms with Gasteiger partial charge in [0.05, 0.1) is 12.6 Å². The quantitative estimate of drug-likeness (QED) is 0.641. The van der Waals surface area contributed by atoms with Gasteiger partial charge in [-0.15, -0.1) is 0 Å². The van der Waals surface area contributed by atoms with E-state index < -0.39 is 0 Å². The molecule has 0 saturated carbocycles. The Morgan fingerprint density at radius 3 is 2.57 bits per heavy atom. The molecule has 2 aromatic carbocycles. The lowest BCUT2D eigenvalue weighted by Gasteiger charge is -2.32. The third kappa shape index (κ3) is 5.61. The lowest BCUT2D eigenvalue weighted by atomic mass is 9.98. The van der Waals surface area contributed by atoms with Crippen molar-refractivity contribution < 1.29 is 4.74 Å². The highest BCUT2D eigenvalue weighted by Gasteiger charge is 2.16. The van der Waals surface area contributed by atoms with Gasteiger partial charge in [0, 0.05) is 30.5 Å². The highest BCUT2D eigenvalue weighted by Crippen LogP contribution is 2.25. The highest BCUT2D eigenvalue weighted by atomic mass is 32.1. The minimum absolute atomic E-state index is 0.130. The number of ether oxygens (including phenoxy) is 1. The Morgan fingerprint density at radius 1 is 1.18 bits per heavy atom. The third-order valence-electron chi connectivity index (χ3n) is 5.29. The van der Waals surface area contributed by atoms with Gasteiger partial charge < -0.3 is 20.3 Å². The van der Waals surface area contributed by atoms with E-state index in [-0.39, 0.29) is 6.04 Å². The molecule has 28 heavy (non-hydrogen) atoms. The molecule has 0 radical (unpaired) electrons. The van der Waals surface area contributed by atoms with Crippen molar-refractivity contribution >= 4 is 28.7 Å². The number of anilines is 2. The first kappa shape index (κ1) is 20.5. The fourth-order valence-corrected chi connectivity index (χ4v) is 3.81. The third-order valence-corrected chi connectivity index (χ3v) is 5.51. The smallest absolute Gasteiger partial charge is 0.171 e. The second kappa shape index (κ2) is 9.78. The SMILES string of the molecule is CCOc1cccc(NC(=S)N[C@H](C)c2ccc(N3CCC(C)CC3)cc2)c1. The number of nitrogens with zero attached hydrogens (tertiary/aromatic N) is 1. The number of hydrogen-bond acceptors (Lipinski definition) is 3. The van der Waals surface area contributed by atoms with E-state index in [4.69, 9.17) is 17.0 Å². The molecule has 4 nitrogen and oxygen atoms in total. The number of piperidine rings is 1. The first-order valence-electron chi connectivity index (χ1n) is 10.2. The van der Waals surface area contributed by atoms with Gasteiger partial charge >= 0.3 is 0 Å². The molecule has 0 spiro atoms. The van der Waals surface area contributed by atoms with Crippen molar-refractivity contribution in [3.8, 4) is 5.75 Å². The number of benzene rings is 2. The van der Waals surface area contributed by atoms with Gasteiger partial charge in [0.2, 0.25) is 0 Å². The molecule has 0 aliphatic carbocycles. The summed E-state index contributed by atoms with van der Waals surface area (Å²) in [5.41, 5.74) is 3.46. The molecule has 1 saturated heterocycles. The summed E-state index contributed by atoms with van der Waals surface area (Å²) in [6, 6.07) is 16.8. The minimum Gasteiger partial charge on any atom is -0.494 e. The Kier molecular flexibility index (Phi) is 7.15. The van der Waals surface area contributed by atoms with Gasteiger partial charge in [0.1, 0.15) is 5.75 Å². The molecular weight excluding hydrogens is 366 g/mol. The summed E-state index contributed by atoms with van der Waals surface area (Å²) >= 11 is 5.49. The molecule has 2 aromatic rings. The topological polar surface area (TPSA) is 36.5 Å². The maximum atomic E-state index is 5.54. The summed E-state index contributed by atoms with van der Waals surface area (Å²) in [4.78, 5) is 2.49. The molecule has 1 aliphatic heterocycles. The monoisotopic (exact) mass is 397 g/mol. The van der Waals surface area contributed by atoms with Crippen LogP contribution in [0.25, 0.3) is 0 Å². The average molecular weight is 398 g/mol. The van der Waals surface area contributed by atoms with Gasteiger partial charge in [0.25, 0.3) is 0 Å². The first-order valence-corrected chi connectivity index (χ1v) is 10.6. The summed E-state index contributed by atoms with van der Waals surface area (Å²) in [5.74, 6) is 1.69.